The summed E-state index contributed by atoms with van der Waals surface area (Å²) < 4.78 is 1.65. The molecule has 1 aliphatic rings. The Morgan fingerprint density at radius 1 is 1.64 bits per heavy atom. The summed E-state index contributed by atoms with van der Waals surface area (Å²) in [5, 5.41) is 0. The second-order valence-corrected chi connectivity index (χ2v) is 3.51. The summed E-state index contributed by atoms with van der Waals surface area (Å²) in [5.41, 5.74) is 5.62. The van der Waals surface area contributed by atoms with Crippen LogP contribution in [0.15, 0.2) is 17.2 Å². The van der Waals surface area contributed by atoms with Crippen molar-refractivity contribution >= 4 is 5.82 Å². The molecule has 1 fully saturated rings. The van der Waals surface area contributed by atoms with Crippen molar-refractivity contribution in [1.82, 2.24) is 9.55 Å². The average Bonchev–Trinajstić information content (AvgIpc) is 2.14. The second kappa shape index (κ2) is 3.42. The first-order valence-electron chi connectivity index (χ1n) is 4.78. The molecule has 5 nitrogen and oxygen atoms in total. The number of aromatic nitrogens is 2. The Bertz CT molecular complexity index is 381. The van der Waals surface area contributed by atoms with Gasteiger partial charge in [-0.1, -0.05) is 0 Å². The Hall–Kier alpha value is -1.36. The summed E-state index contributed by atoms with van der Waals surface area (Å²) >= 11 is 0. The highest BCUT2D eigenvalue weighted by Gasteiger charge is 2.26. The number of hydrogen-bond acceptors (Lipinski definition) is 4. The fourth-order valence-electron chi connectivity index (χ4n) is 1.59. The van der Waals surface area contributed by atoms with Crippen LogP contribution in [0.3, 0.4) is 0 Å². The van der Waals surface area contributed by atoms with Crippen molar-refractivity contribution in [3.05, 3.63) is 22.7 Å². The van der Waals surface area contributed by atoms with Crippen LogP contribution < -0.4 is 16.2 Å². The first-order valence-corrected chi connectivity index (χ1v) is 4.78. The van der Waals surface area contributed by atoms with Crippen LogP contribution in [0.1, 0.15) is 6.92 Å². The molecule has 0 amide bonds. The van der Waals surface area contributed by atoms with Gasteiger partial charge in [0.25, 0.3) is 5.56 Å². The minimum Gasteiger partial charge on any atom is -0.349 e. The molecule has 0 radical (unpaired) electrons. The van der Waals surface area contributed by atoms with E-state index in [0.717, 1.165) is 13.1 Å². The van der Waals surface area contributed by atoms with Crippen LogP contribution in [-0.2, 0) is 6.54 Å². The third-order valence-corrected chi connectivity index (χ3v) is 2.45. The van der Waals surface area contributed by atoms with Gasteiger partial charge in [-0.05, 0) is 6.92 Å². The van der Waals surface area contributed by atoms with E-state index < -0.39 is 0 Å². The van der Waals surface area contributed by atoms with Crippen molar-refractivity contribution in [3.8, 4) is 0 Å². The molecule has 1 saturated heterocycles. The molecule has 0 aliphatic carbocycles. The number of aryl methyl sites for hydroxylation is 1. The highest BCUT2D eigenvalue weighted by Crippen LogP contribution is 2.11. The Labute approximate surface area is 82.2 Å². The van der Waals surface area contributed by atoms with Crippen LogP contribution in [0.25, 0.3) is 0 Å². The molecule has 0 aromatic carbocycles. The quantitative estimate of drug-likeness (QED) is 0.683. The van der Waals surface area contributed by atoms with Crippen molar-refractivity contribution in [3.63, 3.8) is 0 Å². The summed E-state index contributed by atoms with van der Waals surface area (Å²) in [6.45, 7) is 4.08. The maximum Gasteiger partial charge on any atom is 0.293 e. The van der Waals surface area contributed by atoms with E-state index in [1.54, 1.807) is 17.0 Å². The molecule has 2 heterocycles. The molecule has 2 rings (SSSR count). The molecule has 0 spiro atoms. The van der Waals surface area contributed by atoms with Crippen molar-refractivity contribution in [2.75, 3.05) is 18.0 Å². The lowest BCUT2D eigenvalue weighted by atomic mass is 10.1. The van der Waals surface area contributed by atoms with E-state index in [2.05, 4.69) is 4.98 Å². The number of rotatable bonds is 2. The van der Waals surface area contributed by atoms with E-state index in [1.807, 2.05) is 11.8 Å². The summed E-state index contributed by atoms with van der Waals surface area (Å²) in [6, 6.07) is 0.187. The maximum atomic E-state index is 11.8. The molecule has 0 bridgehead atoms. The van der Waals surface area contributed by atoms with Crippen LogP contribution in [0.5, 0.6) is 0 Å². The molecular formula is C9H14N4O. The van der Waals surface area contributed by atoms with Gasteiger partial charge in [0.1, 0.15) is 0 Å². The zero-order chi connectivity index (χ0) is 10.1. The SMILES string of the molecule is CCn1ccnc(N2CC(N)C2)c1=O. The summed E-state index contributed by atoms with van der Waals surface area (Å²) in [6.07, 6.45) is 3.36. The number of nitrogens with zero attached hydrogens (tertiary/aromatic N) is 3. The topological polar surface area (TPSA) is 64.2 Å². The van der Waals surface area contributed by atoms with Gasteiger partial charge in [0.05, 0.1) is 0 Å². The van der Waals surface area contributed by atoms with Crippen LogP contribution in [-0.4, -0.2) is 28.7 Å². The van der Waals surface area contributed by atoms with Gasteiger partial charge in [-0.2, -0.15) is 0 Å². The monoisotopic (exact) mass is 194 g/mol. The lowest BCUT2D eigenvalue weighted by Gasteiger charge is -2.37. The average molecular weight is 194 g/mol. The number of anilines is 1. The van der Waals surface area contributed by atoms with Gasteiger partial charge in [-0.3, -0.25) is 4.79 Å². The van der Waals surface area contributed by atoms with Gasteiger partial charge in [-0.25, -0.2) is 4.98 Å². The van der Waals surface area contributed by atoms with Crippen molar-refractivity contribution in [1.29, 1.82) is 0 Å². The standard InChI is InChI=1S/C9H14N4O/c1-2-12-4-3-11-8(9(12)14)13-5-7(10)6-13/h3-4,7H,2,5-6,10H2,1H3. The fraction of sp³-hybridized carbons (Fsp3) is 0.556. The minimum absolute atomic E-state index is 0.0260. The van der Waals surface area contributed by atoms with Gasteiger partial charge in [0, 0.05) is 38.1 Å². The molecule has 1 aliphatic heterocycles. The van der Waals surface area contributed by atoms with Crippen LogP contribution in [0.2, 0.25) is 0 Å². The van der Waals surface area contributed by atoms with Gasteiger partial charge < -0.3 is 15.2 Å². The Morgan fingerprint density at radius 2 is 2.36 bits per heavy atom. The Kier molecular flexibility index (Phi) is 2.25. The van der Waals surface area contributed by atoms with Crippen molar-refractivity contribution in [2.45, 2.75) is 19.5 Å². The normalized spacial score (nSPS) is 16.9. The van der Waals surface area contributed by atoms with Gasteiger partial charge >= 0.3 is 0 Å². The third kappa shape index (κ3) is 1.39. The molecule has 1 aromatic rings. The molecule has 0 unspecified atom stereocenters. The summed E-state index contributed by atoms with van der Waals surface area (Å²) in [5.74, 6) is 0.524. The lowest BCUT2D eigenvalue weighted by molar-refractivity contribution is 0.509. The minimum atomic E-state index is -0.0260. The Balaban J connectivity index is 2.30. The molecule has 0 atom stereocenters. The van der Waals surface area contributed by atoms with Gasteiger partial charge in [0.2, 0.25) is 0 Å². The van der Waals surface area contributed by atoms with Crippen molar-refractivity contribution in [2.24, 2.45) is 5.73 Å². The molecule has 5 heteroatoms. The fourth-order valence-corrected chi connectivity index (χ4v) is 1.59. The molecule has 0 saturated carbocycles. The van der Waals surface area contributed by atoms with Crippen LogP contribution >= 0.6 is 0 Å². The first-order chi connectivity index (χ1) is 6.72. The summed E-state index contributed by atoms with van der Waals surface area (Å²) in [4.78, 5) is 17.8. The molecule has 1 aromatic heterocycles. The molecule has 76 valence electrons. The zero-order valence-corrected chi connectivity index (χ0v) is 8.18. The van der Waals surface area contributed by atoms with Crippen molar-refractivity contribution < 1.29 is 0 Å². The maximum absolute atomic E-state index is 11.8. The highest BCUT2D eigenvalue weighted by molar-refractivity contribution is 5.40. The zero-order valence-electron chi connectivity index (χ0n) is 8.18. The second-order valence-electron chi connectivity index (χ2n) is 3.51. The molecular weight excluding hydrogens is 180 g/mol. The van der Waals surface area contributed by atoms with E-state index in [1.165, 1.54) is 0 Å². The number of hydrogen-bond donors (Lipinski definition) is 1. The van der Waals surface area contributed by atoms with E-state index in [0.29, 0.717) is 12.4 Å². The predicted octanol–water partition coefficient (Wildman–Crippen LogP) is -0.589. The smallest absolute Gasteiger partial charge is 0.293 e. The third-order valence-electron chi connectivity index (χ3n) is 2.45. The van der Waals surface area contributed by atoms with E-state index >= 15 is 0 Å². The van der Waals surface area contributed by atoms with Gasteiger partial charge in [-0.15, -0.1) is 0 Å². The Morgan fingerprint density at radius 3 is 2.93 bits per heavy atom. The molecule has 14 heavy (non-hydrogen) atoms. The first kappa shape index (κ1) is 9.21. The van der Waals surface area contributed by atoms with Crippen LogP contribution in [0, 0.1) is 0 Å². The summed E-state index contributed by atoms with van der Waals surface area (Å²) in [7, 11) is 0. The van der Waals surface area contributed by atoms with Crippen LogP contribution in [0.4, 0.5) is 5.82 Å². The highest BCUT2D eigenvalue weighted by atomic mass is 16.1. The lowest BCUT2D eigenvalue weighted by Crippen LogP contribution is -2.57. The van der Waals surface area contributed by atoms with E-state index in [-0.39, 0.29) is 11.6 Å². The predicted molar refractivity (Wildman–Crippen MR) is 54.4 cm³/mol. The molecule has 2 N–H and O–H groups in total. The van der Waals surface area contributed by atoms with E-state index in [4.69, 9.17) is 5.73 Å². The largest absolute Gasteiger partial charge is 0.349 e. The van der Waals surface area contributed by atoms with E-state index in [9.17, 15) is 4.79 Å². The number of nitrogens with two attached hydrogens (primary N) is 1. The van der Waals surface area contributed by atoms with Gasteiger partial charge in [0.15, 0.2) is 5.82 Å².